The van der Waals surface area contributed by atoms with Gasteiger partial charge in [-0.1, -0.05) is 30.3 Å². The lowest BCUT2D eigenvalue weighted by atomic mass is 10.1. The molecule has 0 unspecified atom stereocenters. The summed E-state index contributed by atoms with van der Waals surface area (Å²) in [5.74, 6) is -2.49. The topological polar surface area (TPSA) is 113 Å². The van der Waals surface area contributed by atoms with E-state index >= 15 is 0 Å². The first-order valence-electron chi connectivity index (χ1n) is 7.01. The molecule has 0 bridgehead atoms. The fraction of sp³-hybridized carbons (Fsp3) is 0.118. The van der Waals surface area contributed by atoms with Crippen LogP contribution in [-0.4, -0.2) is 28.2 Å². The number of amides is 1. The molecule has 0 fully saturated rings. The number of hydrogen-bond donors (Lipinski definition) is 3. The molecule has 0 aromatic heterocycles. The summed E-state index contributed by atoms with van der Waals surface area (Å²) in [6.45, 7) is 0.0528. The molecule has 0 aliphatic heterocycles. The van der Waals surface area contributed by atoms with Gasteiger partial charge in [0.15, 0.2) is 0 Å². The summed E-state index contributed by atoms with van der Waals surface area (Å²) in [5.41, 5.74) is 0.853. The van der Waals surface area contributed by atoms with Crippen molar-refractivity contribution in [3.8, 4) is 0 Å². The molecule has 0 atom stereocenters. The van der Waals surface area contributed by atoms with Crippen LogP contribution in [0.2, 0.25) is 0 Å². The Morgan fingerprint density at radius 1 is 0.875 bits per heavy atom. The fourth-order valence-electron chi connectivity index (χ4n) is 1.99. The maximum Gasteiger partial charge on any atom is 0.407 e. The van der Waals surface area contributed by atoms with E-state index in [1.807, 2.05) is 30.3 Å². The lowest BCUT2D eigenvalue weighted by molar-refractivity contribution is 0.0696. The van der Waals surface area contributed by atoms with Gasteiger partial charge in [0.05, 0.1) is 11.1 Å². The molecule has 0 heterocycles. The van der Waals surface area contributed by atoms with Crippen LogP contribution in [0.4, 0.5) is 4.79 Å². The Morgan fingerprint density at radius 3 is 2.00 bits per heavy atom. The van der Waals surface area contributed by atoms with Crippen LogP contribution >= 0.6 is 0 Å². The van der Waals surface area contributed by atoms with E-state index in [2.05, 4.69) is 5.32 Å². The first-order valence-corrected chi connectivity index (χ1v) is 7.01. The predicted octanol–water partition coefficient (Wildman–Crippen LogP) is 2.51. The lowest BCUT2D eigenvalue weighted by Gasteiger charge is -2.09. The molecule has 3 N–H and O–H groups in total. The maximum absolute atomic E-state index is 11.7. The van der Waals surface area contributed by atoms with Gasteiger partial charge in [0, 0.05) is 6.54 Å². The standard InChI is InChI=1S/C17H15NO6/c19-15(20)13-6-12(7-14(8-13)16(21)22)9-18-17(23)24-10-11-4-2-1-3-5-11/h1-8H,9-10H2,(H,18,23)(H,19,20)(H,21,22). The highest BCUT2D eigenvalue weighted by molar-refractivity contribution is 5.94. The third-order valence-electron chi connectivity index (χ3n) is 3.14. The van der Waals surface area contributed by atoms with Crippen molar-refractivity contribution in [2.24, 2.45) is 0 Å². The van der Waals surface area contributed by atoms with Crippen LogP contribution in [-0.2, 0) is 17.9 Å². The molecule has 0 saturated carbocycles. The van der Waals surface area contributed by atoms with Crippen molar-refractivity contribution >= 4 is 18.0 Å². The molecule has 124 valence electrons. The molecule has 24 heavy (non-hydrogen) atoms. The fourth-order valence-corrected chi connectivity index (χ4v) is 1.99. The van der Waals surface area contributed by atoms with Crippen molar-refractivity contribution in [1.29, 1.82) is 0 Å². The molecule has 1 amide bonds. The maximum atomic E-state index is 11.7. The van der Waals surface area contributed by atoms with Crippen molar-refractivity contribution in [2.75, 3.05) is 0 Å². The van der Waals surface area contributed by atoms with Gasteiger partial charge >= 0.3 is 18.0 Å². The van der Waals surface area contributed by atoms with E-state index in [-0.39, 0.29) is 24.3 Å². The Morgan fingerprint density at radius 2 is 1.46 bits per heavy atom. The Bertz CT molecular complexity index is 725. The third kappa shape index (κ3) is 4.84. The van der Waals surface area contributed by atoms with Crippen LogP contribution in [0.1, 0.15) is 31.8 Å². The largest absolute Gasteiger partial charge is 0.478 e. The molecular formula is C17H15NO6. The minimum absolute atomic E-state index is 0.0466. The number of rotatable bonds is 6. The molecule has 0 aliphatic carbocycles. The number of aromatic carboxylic acids is 2. The second-order valence-electron chi connectivity index (χ2n) is 4.94. The number of benzene rings is 2. The number of hydrogen-bond acceptors (Lipinski definition) is 4. The van der Waals surface area contributed by atoms with Gasteiger partial charge in [0.2, 0.25) is 0 Å². The summed E-state index contributed by atoms with van der Waals surface area (Å²) in [4.78, 5) is 33.7. The third-order valence-corrected chi connectivity index (χ3v) is 3.14. The van der Waals surface area contributed by atoms with Gasteiger partial charge in [-0.3, -0.25) is 0 Å². The van der Waals surface area contributed by atoms with Crippen molar-refractivity contribution in [3.05, 3.63) is 70.8 Å². The summed E-state index contributed by atoms with van der Waals surface area (Å²) in [7, 11) is 0. The van der Waals surface area contributed by atoms with Gasteiger partial charge < -0.3 is 20.3 Å². The van der Waals surface area contributed by atoms with Crippen molar-refractivity contribution in [1.82, 2.24) is 5.32 Å². The van der Waals surface area contributed by atoms with Crippen LogP contribution in [0.5, 0.6) is 0 Å². The number of carboxylic acids is 2. The zero-order valence-corrected chi connectivity index (χ0v) is 12.6. The van der Waals surface area contributed by atoms with Crippen molar-refractivity contribution in [3.63, 3.8) is 0 Å². The average Bonchev–Trinajstić information content (AvgIpc) is 2.58. The molecule has 7 nitrogen and oxygen atoms in total. The quantitative estimate of drug-likeness (QED) is 0.750. The van der Waals surface area contributed by atoms with Gasteiger partial charge in [-0.15, -0.1) is 0 Å². The second-order valence-corrected chi connectivity index (χ2v) is 4.94. The Kier molecular flexibility index (Phi) is 5.51. The first-order chi connectivity index (χ1) is 11.5. The lowest BCUT2D eigenvalue weighted by Crippen LogP contribution is -2.24. The van der Waals surface area contributed by atoms with Crippen molar-refractivity contribution in [2.45, 2.75) is 13.2 Å². The number of nitrogens with one attached hydrogen (secondary N) is 1. The molecule has 2 aromatic carbocycles. The van der Waals surface area contributed by atoms with E-state index in [1.165, 1.54) is 12.1 Å². The highest BCUT2D eigenvalue weighted by Gasteiger charge is 2.12. The second kappa shape index (κ2) is 7.77. The SMILES string of the molecule is O=C(NCc1cc(C(=O)O)cc(C(=O)O)c1)OCc1ccccc1. The number of carbonyl (C=O) groups is 3. The van der Waals surface area contributed by atoms with E-state index in [4.69, 9.17) is 14.9 Å². The minimum atomic E-state index is -1.24. The van der Waals surface area contributed by atoms with E-state index in [0.717, 1.165) is 11.6 Å². The molecular weight excluding hydrogens is 314 g/mol. The zero-order valence-electron chi connectivity index (χ0n) is 12.6. The minimum Gasteiger partial charge on any atom is -0.478 e. The molecule has 2 aromatic rings. The molecule has 0 radical (unpaired) electrons. The van der Waals surface area contributed by atoms with Crippen LogP contribution in [0.15, 0.2) is 48.5 Å². The smallest absolute Gasteiger partial charge is 0.407 e. The van der Waals surface area contributed by atoms with Crippen LogP contribution in [0.3, 0.4) is 0 Å². The molecule has 0 saturated heterocycles. The molecule has 2 rings (SSSR count). The number of carbonyl (C=O) groups excluding carboxylic acids is 1. The first kappa shape index (κ1) is 17.0. The van der Waals surface area contributed by atoms with E-state index < -0.39 is 18.0 Å². The van der Waals surface area contributed by atoms with E-state index in [0.29, 0.717) is 5.56 Å². The summed E-state index contributed by atoms with van der Waals surface area (Å²) in [6, 6.07) is 12.8. The van der Waals surface area contributed by atoms with Crippen LogP contribution < -0.4 is 5.32 Å². The average molecular weight is 329 g/mol. The van der Waals surface area contributed by atoms with Crippen molar-refractivity contribution < 1.29 is 29.3 Å². The van der Waals surface area contributed by atoms with Gasteiger partial charge in [0.25, 0.3) is 0 Å². The highest BCUT2D eigenvalue weighted by atomic mass is 16.5. The predicted molar refractivity (Wildman–Crippen MR) is 83.8 cm³/mol. The molecule has 0 spiro atoms. The number of alkyl carbamates (subject to hydrolysis) is 1. The summed E-state index contributed by atoms with van der Waals surface area (Å²) >= 11 is 0. The summed E-state index contributed by atoms with van der Waals surface area (Å²) in [5, 5.41) is 20.5. The van der Waals surface area contributed by atoms with Crippen LogP contribution in [0.25, 0.3) is 0 Å². The van der Waals surface area contributed by atoms with E-state index in [1.54, 1.807) is 0 Å². The highest BCUT2D eigenvalue weighted by Crippen LogP contribution is 2.11. The Balaban J connectivity index is 1.96. The Labute approximate surface area is 137 Å². The zero-order chi connectivity index (χ0) is 17.5. The van der Waals surface area contributed by atoms with Gasteiger partial charge in [0.1, 0.15) is 6.61 Å². The normalized spacial score (nSPS) is 10.0. The molecule has 0 aliphatic rings. The summed E-state index contributed by atoms with van der Waals surface area (Å²) in [6.07, 6.45) is -0.684. The monoisotopic (exact) mass is 329 g/mol. The number of carboxylic acid groups (broad SMARTS) is 2. The van der Waals surface area contributed by atoms with Gasteiger partial charge in [-0.25, -0.2) is 14.4 Å². The molecule has 7 heteroatoms. The van der Waals surface area contributed by atoms with E-state index in [9.17, 15) is 14.4 Å². The number of ether oxygens (including phenoxy) is 1. The van der Waals surface area contributed by atoms with Gasteiger partial charge in [-0.2, -0.15) is 0 Å². The summed E-state index contributed by atoms with van der Waals surface area (Å²) < 4.78 is 5.02. The van der Waals surface area contributed by atoms with Gasteiger partial charge in [-0.05, 0) is 29.3 Å². The van der Waals surface area contributed by atoms with Crippen LogP contribution in [0, 0.1) is 0 Å². The Hall–Kier alpha value is -3.35.